The summed E-state index contributed by atoms with van der Waals surface area (Å²) < 4.78 is 11.2. The van der Waals surface area contributed by atoms with E-state index in [9.17, 15) is 9.59 Å². The lowest BCUT2D eigenvalue weighted by Gasteiger charge is -2.08. The molecule has 0 aliphatic heterocycles. The lowest BCUT2D eigenvalue weighted by Crippen LogP contribution is -2.24. The Morgan fingerprint density at radius 3 is 2.79 bits per heavy atom. The highest BCUT2D eigenvalue weighted by atomic mass is 79.9. The molecule has 0 atom stereocenters. The van der Waals surface area contributed by atoms with Gasteiger partial charge in [-0.05, 0) is 51.5 Å². The van der Waals surface area contributed by atoms with Crippen molar-refractivity contribution >= 4 is 39.1 Å². The van der Waals surface area contributed by atoms with E-state index >= 15 is 0 Å². The number of halogens is 1. The molecular weight excluding hydrogens is 394 g/mol. The maximum atomic E-state index is 11.7. The minimum Gasteiger partial charge on any atom is -0.496 e. The molecule has 0 aliphatic carbocycles. The summed E-state index contributed by atoms with van der Waals surface area (Å²) in [5, 5.41) is 6.41. The molecule has 0 spiro atoms. The maximum absolute atomic E-state index is 11.7. The first-order valence-corrected chi connectivity index (χ1v) is 9.12. The van der Waals surface area contributed by atoms with Gasteiger partial charge in [-0.3, -0.25) is 9.59 Å². The molecule has 5 nitrogen and oxygen atoms in total. The molecular formula is C17H18BrNO4S. The average molecular weight is 412 g/mol. The molecule has 0 saturated heterocycles. The second-order valence-electron chi connectivity index (χ2n) is 5.00. The monoisotopic (exact) mass is 411 g/mol. The summed E-state index contributed by atoms with van der Waals surface area (Å²) in [4.78, 5) is 23.4. The summed E-state index contributed by atoms with van der Waals surface area (Å²) in [6, 6.07) is 7.28. The van der Waals surface area contributed by atoms with Gasteiger partial charge in [0, 0.05) is 23.9 Å². The molecule has 1 aromatic heterocycles. The summed E-state index contributed by atoms with van der Waals surface area (Å²) in [6.45, 7) is 0.653. The van der Waals surface area contributed by atoms with Crippen molar-refractivity contribution in [3.63, 3.8) is 0 Å². The topological polar surface area (TPSA) is 64.6 Å². The lowest BCUT2D eigenvalue weighted by atomic mass is 10.2. The summed E-state index contributed by atoms with van der Waals surface area (Å²) >= 11 is 4.86. The largest absolute Gasteiger partial charge is 0.496 e. The third-order valence-electron chi connectivity index (χ3n) is 3.24. The molecule has 2 aromatic rings. The molecule has 0 bridgehead atoms. The van der Waals surface area contributed by atoms with Gasteiger partial charge in [-0.2, -0.15) is 11.3 Å². The number of benzene rings is 1. The fourth-order valence-electron chi connectivity index (χ4n) is 1.97. The number of methoxy groups -OCH3 is 1. The van der Waals surface area contributed by atoms with Gasteiger partial charge in [-0.1, -0.05) is 6.07 Å². The molecule has 1 aromatic carbocycles. The van der Waals surface area contributed by atoms with Gasteiger partial charge in [0.25, 0.3) is 5.91 Å². The quantitative estimate of drug-likeness (QED) is 0.530. The number of esters is 1. The second kappa shape index (κ2) is 9.44. The summed E-state index contributed by atoms with van der Waals surface area (Å²) in [5.74, 6) is 0.325. The van der Waals surface area contributed by atoms with Gasteiger partial charge in [0.1, 0.15) is 12.4 Å². The molecule has 7 heteroatoms. The van der Waals surface area contributed by atoms with Gasteiger partial charge in [-0.15, -0.1) is 0 Å². The fraction of sp³-hybridized carbons (Fsp3) is 0.294. The van der Waals surface area contributed by atoms with Crippen LogP contribution in [0.2, 0.25) is 0 Å². The van der Waals surface area contributed by atoms with E-state index in [2.05, 4.69) is 21.2 Å². The van der Waals surface area contributed by atoms with Crippen LogP contribution in [0.25, 0.3) is 0 Å². The summed E-state index contributed by atoms with van der Waals surface area (Å²) in [5.41, 5.74) is 1.52. The molecule has 0 aliphatic rings. The van der Waals surface area contributed by atoms with Crippen LogP contribution < -0.4 is 10.1 Å². The first kappa shape index (κ1) is 18.5. The molecule has 24 heavy (non-hydrogen) atoms. The Balaban J connectivity index is 1.65. The van der Waals surface area contributed by atoms with Crippen LogP contribution in [0.15, 0.2) is 39.5 Å². The third kappa shape index (κ3) is 5.65. The van der Waals surface area contributed by atoms with Crippen molar-refractivity contribution in [2.75, 3.05) is 13.7 Å². The van der Waals surface area contributed by atoms with E-state index in [1.165, 1.54) is 11.3 Å². The van der Waals surface area contributed by atoms with Crippen LogP contribution in [0.3, 0.4) is 0 Å². The molecule has 0 fully saturated rings. The molecule has 1 amide bonds. The van der Waals surface area contributed by atoms with Crippen LogP contribution in [0.5, 0.6) is 5.75 Å². The predicted molar refractivity (Wildman–Crippen MR) is 96.4 cm³/mol. The zero-order chi connectivity index (χ0) is 17.4. The zero-order valence-electron chi connectivity index (χ0n) is 13.2. The van der Waals surface area contributed by atoms with E-state index in [1.54, 1.807) is 18.6 Å². The second-order valence-corrected chi connectivity index (χ2v) is 6.64. The smallest absolute Gasteiger partial charge is 0.306 e. The molecule has 1 N–H and O–H groups in total. The molecule has 0 saturated carbocycles. The van der Waals surface area contributed by atoms with Crippen molar-refractivity contribution in [2.45, 2.75) is 19.4 Å². The van der Waals surface area contributed by atoms with E-state index < -0.39 is 0 Å². The van der Waals surface area contributed by atoms with E-state index in [-0.39, 0.29) is 24.9 Å². The van der Waals surface area contributed by atoms with Crippen molar-refractivity contribution in [2.24, 2.45) is 0 Å². The van der Waals surface area contributed by atoms with E-state index in [1.807, 2.05) is 23.6 Å². The molecule has 0 unspecified atom stereocenters. The Kier molecular flexibility index (Phi) is 7.27. The van der Waals surface area contributed by atoms with E-state index in [0.29, 0.717) is 18.5 Å². The highest BCUT2D eigenvalue weighted by Crippen LogP contribution is 2.25. The van der Waals surface area contributed by atoms with Crippen molar-refractivity contribution < 1.29 is 19.1 Å². The molecule has 0 radical (unpaired) electrons. The number of amides is 1. The predicted octanol–water partition coefficient (Wildman–Crippen LogP) is 3.77. The molecule has 2 rings (SSSR count). The van der Waals surface area contributed by atoms with Crippen LogP contribution in [0.1, 0.15) is 28.8 Å². The van der Waals surface area contributed by atoms with Crippen molar-refractivity contribution in [3.05, 3.63) is 50.6 Å². The van der Waals surface area contributed by atoms with Gasteiger partial charge in [0.2, 0.25) is 0 Å². The van der Waals surface area contributed by atoms with Crippen LogP contribution in [-0.2, 0) is 16.1 Å². The Hall–Kier alpha value is -1.86. The molecule has 1 heterocycles. The number of ether oxygens (including phenoxy) is 2. The van der Waals surface area contributed by atoms with Gasteiger partial charge < -0.3 is 14.8 Å². The van der Waals surface area contributed by atoms with E-state index in [4.69, 9.17) is 9.47 Å². The SMILES string of the molecule is COc1ccc(COC(=O)CCCNC(=O)c2ccsc2)cc1Br. The number of carbonyl (C=O) groups excluding carboxylic acids is 2. The molecule has 128 valence electrons. The Morgan fingerprint density at radius 1 is 1.29 bits per heavy atom. The minimum absolute atomic E-state index is 0.118. The third-order valence-corrected chi connectivity index (χ3v) is 4.55. The maximum Gasteiger partial charge on any atom is 0.306 e. The van der Waals surface area contributed by atoms with Gasteiger partial charge in [0.15, 0.2) is 0 Å². The van der Waals surface area contributed by atoms with Crippen LogP contribution in [0.4, 0.5) is 0 Å². The number of hydrogen-bond acceptors (Lipinski definition) is 5. The summed E-state index contributed by atoms with van der Waals surface area (Å²) in [7, 11) is 1.59. The Bertz CT molecular complexity index is 688. The van der Waals surface area contributed by atoms with Crippen LogP contribution in [0, 0.1) is 0 Å². The van der Waals surface area contributed by atoms with Crippen molar-refractivity contribution in [1.82, 2.24) is 5.32 Å². The lowest BCUT2D eigenvalue weighted by molar-refractivity contribution is -0.145. The van der Waals surface area contributed by atoms with Gasteiger partial charge in [-0.25, -0.2) is 0 Å². The van der Waals surface area contributed by atoms with Gasteiger partial charge in [0.05, 0.1) is 11.6 Å². The average Bonchev–Trinajstić information content (AvgIpc) is 3.11. The highest BCUT2D eigenvalue weighted by molar-refractivity contribution is 9.10. The normalized spacial score (nSPS) is 10.2. The van der Waals surface area contributed by atoms with E-state index in [0.717, 1.165) is 15.8 Å². The fourth-order valence-corrected chi connectivity index (χ4v) is 3.19. The standard InChI is InChI=1S/C17H18BrNO4S/c1-22-15-5-4-12(9-14(15)18)10-23-16(20)3-2-7-19-17(21)13-6-8-24-11-13/h4-6,8-9,11H,2-3,7,10H2,1H3,(H,19,21). The van der Waals surface area contributed by atoms with Crippen LogP contribution >= 0.6 is 27.3 Å². The minimum atomic E-state index is -0.285. The number of hydrogen-bond donors (Lipinski definition) is 1. The number of nitrogens with one attached hydrogen (secondary N) is 1. The van der Waals surface area contributed by atoms with Crippen molar-refractivity contribution in [3.8, 4) is 5.75 Å². The van der Waals surface area contributed by atoms with Crippen molar-refractivity contribution in [1.29, 1.82) is 0 Å². The number of carbonyl (C=O) groups is 2. The first-order chi connectivity index (χ1) is 11.6. The first-order valence-electron chi connectivity index (χ1n) is 7.38. The number of thiophene rings is 1. The number of rotatable bonds is 8. The highest BCUT2D eigenvalue weighted by Gasteiger charge is 2.08. The zero-order valence-corrected chi connectivity index (χ0v) is 15.6. The Labute approximate surface area is 153 Å². The Morgan fingerprint density at radius 2 is 2.12 bits per heavy atom. The summed E-state index contributed by atoms with van der Waals surface area (Å²) in [6.07, 6.45) is 0.808. The van der Waals surface area contributed by atoms with Gasteiger partial charge >= 0.3 is 5.97 Å². The van der Waals surface area contributed by atoms with Crippen LogP contribution in [-0.4, -0.2) is 25.5 Å².